The first-order valence-electron chi connectivity index (χ1n) is 5.84. The van der Waals surface area contributed by atoms with Gasteiger partial charge in [0.05, 0.1) is 6.26 Å². The highest BCUT2D eigenvalue weighted by Gasteiger charge is 2.12. The Bertz CT molecular complexity index is 547. The minimum absolute atomic E-state index is 0.0450. The van der Waals surface area contributed by atoms with Crippen LogP contribution in [-0.2, 0) is 6.42 Å². The van der Waals surface area contributed by atoms with Crippen LogP contribution in [0, 0.1) is 0 Å². The van der Waals surface area contributed by atoms with Crippen LogP contribution in [0.2, 0.25) is 10.0 Å². The molecule has 1 N–H and O–H groups in total. The predicted octanol–water partition coefficient (Wildman–Crippen LogP) is 3.95. The first kappa shape index (κ1) is 14.0. The number of hydrogen-bond donors (Lipinski definition) is 1. The van der Waals surface area contributed by atoms with Crippen molar-refractivity contribution < 1.29 is 9.21 Å². The Balaban J connectivity index is 2.00. The lowest BCUT2D eigenvalue weighted by molar-refractivity contribution is 0.0939. The second-order valence-electron chi connectivity index (χ2n) is 4.32. The summed E-state index contributed by atoms with van der Waals surface area (Å²) in [6, 6.07) is 8.41. The van der Waals surface area contributed by atoms with Crippen LogP contribution in [0.4, 0.5) is 0 Å². The highest BCUT2D eigenvalue weighted by atomic mass is 35.5. The highest BCUT2D eigenvalue weighted by molar-refractivity contribution is 6.35. The van der Waals surface area contributed by atoms with Crippen molar-refractivity contribution in [1.29, 1.82) is 0 Å². The number of benzene rings is 1. The Labute approximate surface area is 121 Å². The van der Waals surface area contributed by atoms with Gasteiger partial charge < -0.3 is 9.73 Å². The predicted molar refractivity (Wildman–Crippen MR) is 75.8 cm³/mol. The quantitative estimate of drug-likeness (QED) is 0.928. The van der Waals surface area contributed by atoms with Crippen molar-refractivity contribution in [2.45, 2.75) is 19.4 Å². The van der Waals surface area contributed by atoms with Gasteiger partial charge in [0.2, 0.25) is 0 Å². The van der Waals surface area contributed by atoms with Crippen LogP contribution in [-0.4, -0.2) is 11.9 Å². The van der Waals surface area contributed by atoms with Gasteiger partial charge >= 0.3 is 0 Å². The van der Waals surface area contributed by atoms with Gasteiger partial charge in [-0.05, 0) is 37.3 Å². The van der Waals surface area contributed by atoms with Crippen molar-refractivity contribution in [3.63, 3.8) is 0 Å². The van der Waals surface area contributed by atoms with E-state index in [0.717, 1.165) is 5.76 Å². The molecule has 0 fully saturated rings. The van der Waals surface area contributed by atoms with Gasteiger partial charge in [-0.15, -0.1) is 0 Å². The van der Waals surface area contributed by atoms with E-state index in [9.17, 15) is 4.79 Å². The van der Waals surface area contributed by atoms with E-state index in [1.807, 2.05) is 19.1 Å². The normalized spacial score (nSPS) is 12.2. The standard InChI is InChI=1S/C14H13Cl2NO2/c1-9(5-13-3-2-4-19-13)17-14(18)10-6-11(15)8-12(16)7-10/h2-4,6-9H,5H2,1H3,(H,17,18). The average Bonchev–Trinajstić information content (AvgIpc) is 2.80. The molecule has 100 valence electrons. The van der Waals surface area contributed by atoms with Gasteiger partial charge in [-0.3, -0.25) is 4.79 Å². The third-order valence-corrected chi connectivity index (χ3v) is 3.03. The number of amides is 1. The molecule has 19 heavy (non-hydrogen) atoms. The number of carbonyl (C=O) groups excluding carboxylic acids is 1. The molecule has 0 radical (unpaired) electrons. The SMILES string of the molecule is CC(Cc1ccco1)NC(=O)c1cc(Cl)cc(Cl)c1. The third kappa shape index (κ3) is 4.01. The Morgan fingerprint density at radius 1 is 1.32 bits per heavy atom. The minimum Gasteiger partial charge on any atom is -0.469 e. The fourth-order valence-corrected chi connectivity index (χ4v) is 2.30. The van der Waals surface area contributed by atoms with Gasteiger partial charge in [0.25, 0.3) is 5.91 Å². The molecule has 2 aromatic rings. The number of halogens is 2. The topological polar surface area (TPSA) is 42.2 Å². The van der Waals surface area contributed by atoms with Crippen LogP contribution >= 0.6 is 23.2 Å². The maximum atomic E-state index is 12.0. The van der Waals surface area contributed by atoms with Crippen molar-refractivity contribution in [3.05, 3.63) is 58.0 Å². The van der Waals surface area contributed by atoms with E-state index in [-0.39, 0.29) is 11.9 Å². The molecule has 0 saturated heterocycles. The van der Waals surface area contributed by atoms with E-state index in [4.69, 9.17) is 27.6 Å². The lowest BCUT2D eigenvalue weighted by Crippen LogP contribution is -2.34. The number of carbonyl (C=O) groups is 1. The van der Waals surface area contributed by atoms with E-state index in [2.05, 4.69) is 5.32 Å². The lowest BCUT2D eigenvalue weighted by atomic mass is 10.1. The summed E-state index contributed by atoms with van der Waals surface area (Å²) < 4.78 is 5.24. The summed E-state index contributed by atoms with van der Waals surface area (Å²) in [7, 11) is 0. The molecule has 0 bridgehead atoms. The zero-order valence-electron chi connectivity index (χ0n) is 10.3. The molecule has 1 aromatic carbocycles. The van der Waals surface area contributed by atoms with E-state index in [0.29, 0.717) is 22.0 Å². The van der Waals surface area contributed by atoms with Crippen LogP contribution in [0.1, 0.15) is 23.0 Å². The fourth-order valence-electron chi connectivity index (χ4n) is 1.77. The van der Waals surface area contributed by atoms with E-state index in [1.165, 1.54) is 0 Å². The van der Waals surface area contributed by atoms with Crippen molar-refractivity contribution >= 4 is 29.1 Å². The molecule has 0 spiro atoms. The summed E-state index contributed by atoms with van der Waals surface area (Å²) >= 11 is 11.7. The Morgan fingerprint density at radius 3 is 2.58 bits per heavy atom. The van der Waals surface area contributed by atoms with Gasteiger partial charge in [0, 0.05) is 28.1 Å². The molecule has 0 aliphatic heterocycles. The van der Waals surface area contributed by atoms with Crippen molar-refractivity contribution in [2.75, 3.05) is 0 Å². The van der Waals surface area contributed by atoms with E-state index in [1.54, 1.807) is 24.5 Å². The average molecular weight is 298 g/mol. The Morgan fingerprint density at radius 2 is 2.00 bits per heavy atom. The third-order valence-electron chi connectivity index (χ3n) is 2.59. The minimum atomic E-state index is -0.205. The molecule has 0 aliphatic rings. The maximum absolute atomic E-state index is 12.0. The number of rotatable bonds is 4. The summed E-state index contributed by atoms with van der Waals surface area (Å²) in [6.45, 7) is 1.91. The molecule has 0 saturated carbocycles. The van der Waals surface area contributed by atoms with Crippen molar-refractivity contribution in [2.24, 2.45) is 0 Å². The summed E-state index contributed by atoms with van der Waals surface area (Å²) in [5, 5.41) is 3.75. The second kappa shape index (κ2) is 6.13. The summed E-state index contributed by atoms with van der Waals surface area (Å²) in [5.74, 6) is 0.625. The van der Waals surface area contributed by atoms with Gasteiger partial charge in [-0.2, -0.15) is 0 Å². The van der Waals surface area contributed by atoms with Crippen molar-refractivity contribution in [1.82, 2.24) is 5.32 Å². The summed E-state index contributed by atoms with van der Waals surface area (Å²) in [4.78, 5) is 12.0. The largest absolute Gasteiger partial charge is 0.469 e. The monoisotopic (exact) mass is 297 g/mol. The molecule has 5 heteroatoms. The second-order valence-corrected chi connectivity index (χ2v) is 5.19. The van der Waals surface area contributed by atoms with E-state index >= 15 is 0 Å². The molecular formula is C14H13Cl2NO2. The molecule has 0 aliphatic carbocycles. The molecule has 1 atom stereocenters. The molecule has 1 heterocycles. The summed E-state index contributed by atoms with van der Waals surface area (Å²) in [5.41, 5.74) is 0.448. The number of nitrogens with one attached hydrogen (secondary N) is 1. The van der Waals surface area contributed by atoms with Gasteiger partial charge in [-0.1, -0.05) is 23.2 Å². The fraction of sp³-hybridized carbons (Fsp3) is 0.214. The summed E-state index contributed by atoms with van der Waals surface area (Å²) in [6.07, 6.45) is 2.24. The zero-order chi connectivity index (χ0) is 13.8. The maximum Gasteiger partial charge on any atom is 0.251 e. The van der Waals surface area contributed by atoms with Crippen LogP contribution in [0.3, 0.4) is 0 Å². The highest BCUT2D eigenvalue weighted by Crippen LogP contribution is 2.19. The molecule has 1 amide bonds. The van der Waals surface area contributed by atoms with Crippen LogP contribution in [0.25, 0.3) is 0 Å². The van der Waals surface area contributed by atoms with Crippen LogP contribution in [0.15, 0.2) is 41.0 Å². The first-order chi connectivity index (χ1) is 9.04. The molecular weight excluding hydrogens is 285 g/mol. The zero-order valence-corrected chi connectivity index (χ0v) is 11.8. The van der Waals surface area contributed by atoms with Gasteiger partial charge in [-0.25, -0.2) is 0 Å². The molecule has 3 nitrogen and oxygen atoms in total. The Hall–Kier alpha value is -1.45. The molecule has 2 rings (SSSR count). The smallest absolute Gasteiger partial charge is 0.251 e. The molecule has 1 aromatic heterocycles. The van der Waals surface area contributed by atoms with Crippen LogP contribution in [0.5, 0.6) is 0 Å². The van der Waals surface area contributed by atoms with Gasteiger partial charge in [0.1, 0.15) is 5.76 Å². The number of furan rings is 1. The van der Waals surface area contributed by atoms with E-state index < -0.39 is 0 Å². The van der Waals surface area contributed by atoms with Crippen LogP contribution < -0.4 is 5.32 Å². The first-order valence-corrected chi connectivity index (χ1v) is 6.59. The Kier molecular flexibility index (Phi) is 4.51. The molecule has 1 unspecified atom stereocenters. The van der Waals surface area contributed by atoms with Gasteiger partial charge in [0.15, 0.2) is 0 Å². The van der Waals surface area contributed by atoms with Crippen molar-refractivity contribution in [3.8, 4) is 0 Å². The lowest BCUT2D eigenvalue weighted by Gasteiger charge is -2.12. The number of hydrogen-bond acceptors (Lipinski definition) is 2.